The normalized spacial score (nSPS) is 10.9. The summed E-state index contributed by atoms with van der Waals surface area (Å²) in [6.45, 7) is 0. The van der Waals surface area contributed by atoms with Gasteiger partial charge in [-0.15, -0.1) is 0 Å². The summed E-state index contributed by atoms with van der Waals surface area (Å²) >= 11 is 12.3. The van der Waals surface area contributed by atoms with Crippen LogP contribution in [-0.2, 0) is 0 Å². The maximum absolute atomic E-state index is 13.0. The molecule has 6 nitrogen and oxygen atoms in total. The minimum atomic E-state index is -0.771. The van der Waals surface area contributed by atoms with Crippen molar-refractivity contribution in [3.63, 3.8) is 0 Å². The van der Waals surface area contributed by atoms with E-state index in [-0.39, 0.29) is 49.3 Å². The molecule has 35 heavy (non-hydrogen) atoms. The molecule has 0 saturated heterocycles. The van der Waals surface area contributed by atoms with Gasteiger partial charge in [-0.1, -0.05) is 53.5 Å². The Kier molecular flexibility index (Phi) is 6.07. The first-order chi connectivity index (χ1) is 16.9. The molecule has 0 amide bonds. The molecule has 0 spiro atoms. The third-order valence-corrected chi connectivity index (χ3v) is 5.95. The van der Waals surface area contributed by atoms with Gasteiger partial charge in [0, 0.05) is 6.07 Å². The van der Waals surface area contributed by atoms with E-state index in [1.807, 2.05) is 36.4 Å². The van der Waals surface area contributed by atoms with Gasteiger partial charge in [-0.05, 0) is 47.2 Å². The third kappa shape index (κ3) is 4.41. The average molecular weight is 507 g/mol. The van der Waals surface area contributed by atoms with Crippen LogP contribution >= 0.6 is 23.2 Å². The van der Waals surface area contributed by atoms with Crippen LogP contribution in [0.4, 0.5) is 0 Å². The molecule has 0 unspecified atom stereocenters. The van der Waals surface area contributed by atoms with Crippen molar-refractivity contribution in [3.8, 4) is 23.0 Å². The SMILES string of the molecule is COc1c(Cl)ccc(Cl)c1C(=O)Oc1ccc2c(=O)c(Oc3ccc4ccccc4c3)coc2c1. The second kappa shape index (κ2) is 9.33. The van der Waals surface area contributed by atoms with Crippen LogP contribution in [0.1, 0.15) is 10.4 Å². The lowest BCUT2D eigenvalue weighted by molar-refractivity contribution is 0.0731. The molecule has 5 rings (SSSR count). The topological polar surface area (TPSA) is 75.0 Å². The number of ether oxygens (including phenoxy) is 3. The molecule has 0 radical (unpaired) electrons. The third-order valence-electron chi connectivity index (χ3n) is 5.34. The van der Waals surface area contributed by atoms with Crippen LogP contribution in [0.3, 0.4) is 0 Å². The average Bonchev–Trinajstić information content (AvgIpc) is 2.86. The smallest absolute Gasteiger partial charge is 0.348 e. The molecule has 174 valence electrons. The Morgan fingerprint density at radius 3 is 2.40 bits per heavy atom. The summed E-state index contributed by atoms with van der Waals surface area (Å²) in [5.74, 6) is 0.0208. The molecule has 8 heteroatoms. The van der Waals surface area contributed by atoms with E-state index in [0.717, 1.165) is 10.8 Å². The van der Waals surface area contributed by atoms with Crippen LogP contribution in [0.2, 0.25) is 10.0 Å². The van der Waals surface area contributed by atoms with Gasteiger partial charge in [0.25, 0.3) is 0 Å². The first kappa shape index (κ1) is 22.8. The number of hydrogen-bond acceptors (Lipinski definition) is 6. The second-order valence-corrected chi connectivity index (χ2v) is 8.34. The molecule has 0 atom stereocenters. The van der Waals surface area contributed by atoms with Crippen molar-refractivity contribution in [1.29, 1.82) is 0 Å². The maximum atomic E-state index is 13.0. The molecule has 1 aromatic heterocycles. The predicted molar refractivity (Wildman–Crippen MR) is 134 cm³/mol. The van der Waals surface area contributed by atoms with Gasteiger partial charge in [-0.25, -0.2) is 4.79 Å². The number of fused-ring (bicyclic) bond motifs is 2. The molecule has 1 heterocycles. The van der Waals surface area contributed by atoms with Crippen LogP contribution < -0.4 is 19.6 Å². The number of methoxy groups -OCH3 is 1. The van der Waals surface area contributed by atoms with Crippen molar-refractivity contribution in [2.24, 2.45) is 0 Å². The van der Waals surface area contributed by atoms with E-state index < -0.39 is 5.97 Å². The number of rotatable bonds is 5. The number of halogens is 2. The Labute approximate surface area is 209 Å². The van der Waals surface area contributed by atoms with Gasteiger partial charge < -0.3 is 18.6 Å². The zero-order valence-electron chi connectivity index (χ0n) is 18.2. The lowest BCUT2D eigenvalue weighted by Crippen LogP contribution is -2.11. The Morgan fingerprint density at radius 2 is 1.60 bits per heavy atom. The van der Waals surface area contributed by atoms with E-state index in [0.29, 0.717) is 5.75 Å². The Hall–Kier alpha value is -4.00. The van der Waals surface area contributed by atoms with Crippen LogP contribution in [-0.4, -0.2) is 13.1 Å². The summed E-state index contributed by atoms with van der Waals surface area (Å²) < 4.78 is 22.0. The number of carbonyl (C=O) groups is 1. The number of carbonyl (C=O) groups excluding carboxylic acids is 1. The van der Waals surface area contributed by atoms with Gasteiger partial charge in [-0.3, -0.25) is 4.79 Å². The van der Waals surface area contributed by atoms with Crippen LogP contribution in [0.15, 0.2) is 88.3 Å². The Morgan fingerprint density at radius 1 is 0.857 bits per heavy atom. The summed E-state index contributed by atoms with van der Waals surface area (Å²) in [7, 11) is 1.37. The lowest BCUT2D eigenvalue weighted by Gasteiger charge is -2.12. The fourth-order valence-corrected chi connectivity index (χ4v) is 4.12. The molecule has 0 saturated carbocycles. The van der Waals surface area contributed by atoms with Gasteiger partial charge in [0.2, 0.25) is 11.2 Å². The van der Waals surface area contributed by atoms with Gasteiger partial charge in [0.05, 0.1) is 22.5 Å². The van der Waals surface area contributed by atoms with Crippen LogP contribution in [0, 0.1) is 0 Å². The summed E-state index contributed by atoms with van der Waals surface area (Å²) in [4.78, 5) is 25.7. The lowest BCUT2D eigenvalue weighted by atomic mass is 10.1. The standard InChI is InChI=1S/C27H16Cl2O6/c1-32-26-21(29)11-10-20(28)24(26)27(31)35-18-8-9-19-22(13-18)33-14-23(25(19)30)34-17-7-6-15-4-2-3-5-16(15)12-17/h2-14H,1H3. The van der Waals surface area contributed by atoms with E-state index in [1.165, 1.54) is 43.7 Å². The van der Waals surface area contributed by atoms with E-state index in [2.05, 4.69) is 0 Å². The largest absolute Gasteiger partial charge is 0.494 e. The van der Waals surface area contributed by atoms with Crippen LogP contribution in [0.5, 0.6) is 23.0 Å². The minimum absolute atomic E-state index is 0.0117. The highest BCUT2D eigenvalue weighted by atomic mass is 35.5. The molecule has 0 N–H and O–H groups in total. The molecule has 0 aliphatic heterocycles. The number of esters is 1. The van der Waals surface area contributed by atoms with Gasteiger partial charge in [0.15, 0.2) is 5.75 Å². The van der Waals surface area contributed by atoms with Crippen molar-refractivity contribution in [3.05, 3.63) is 105 Å². The monoisotopic (exact) mass is 506 g/mol. The zero-order valence-corrected chi connectivity index (χ0v) is 19.7. The first-order valence-electron chi connectivity index (χ1n) is 10.4. The molecule has 0 aliphatic carbocycles. The van der Waals surface area contributed by atoms with Crippen LogP contribution in [0.25, 0.3) is 21.7 Å². The highest BCUT2D eigenvalue weighted by molar-refractivity contribution is 6.37. The quantitative estimate of drug-likeness (QED) is 0.184. The fourth-order valence-electron chi connectivity index (χ4n) is 3.66. The molecular formula is C27H16Cl2O6. The number of benzene rings is 4. The van der Waals surface area contributed by atoms with E-state index in [1.54, 1.807) is 6.07 Å². The Balaban J connectivity index is 1.43. The summed E-state index contributed by atoms with van der Waals surface area (Å²) in [5.41, 5.74) is -0.158. The molecular weight excluding hydrogens is 491 g/mol. The zero-order chi connectivity index (χ0) is 24.5. The molecule has 0 bridgehead atoms. The highest BCUT2D eigenvalue weighted by Crippen LogP contribution is 2.35. The van der Waals surface area contributed by atoms with Crippen molar-refractivity contribution in [1.82, 2.24) is 0 Å². The van der Waals surface area contributed by atoms with E-state index in [4.69, 9.17) is 41.8 Å². The molecule has 4 aromatic carbocycles. The molecule has 5 aromatic rings. The number of hydrogen-bond donors (Lipinski definition) is 0. The van der Waals surface area contributed by atoms with Gasteiger partial charge >= 0.3 is 5.97 Å². The van der Waals surface area contributed by atoms with Gasteiger partial charge in [0.1, 0.15) is 28.9 Å². The van der Waals surface area contributed by atoms with Crippen molar-refractivity contribution < 1.29 is 23.4 Å². The summed E-state index contributed by atoms with van der Waals surface area (Å²) in [5, 5.41) is 2.65. The van der Waals surface area contributed by atoms with Gasteiger partial charge in [-0.2, -0.15) is 0 Å². The Bertz CT molecular complexity index is 1660. The maximum Gasteiger partial charge on any atom is 0.348 e. The summed E-state index contributed by atoms with van der Waals surface area (Å²) in [6.07, 6.45) is 1.22. The van der Waals surface area contributed by atoms with Crippen molar-refractivity contribution in [2.45, 2.75) is 0 Å². The van der Waals surface area contributed by atoms with Crippen molar-refractivity contribution >= 4 is 50.9 Å². The fraction of sp³-hybridized carbons (Fsp3) is 0.0370. The first-order valence-corrected chi connectivity index (χ1v) is 11.2. The van der Waals surface area contributed by atoms with E-state index >= 15 is 0 Å². The molecule has 0 fully saturated rings. The van der Waals surface area contributed by atoms with Crippen molar-refractivity contribution in [2.75, 3.05) is 7.11 Å². The predicted octanol–water partition coefficient (Wildman–Crippen LogP) is 7.27. The second-order valence-electron chi connectivity index (χ2n) is 7.53. The minimum Gasteiger partial charge on any atom is -0.494 e. The molecule has 0 aliphatic rings. The highest BCUT2D eigenvalue weighted by Gasteiger charge is 2.22. The summed E-state index contributed by atoms with van der Waals surface area (Å²) in [6, 6.07) is 20.8. The van der Waals surface area contributed by atoms with E-state index in [9.17, 15) is 9.59 Å².